The predicted octanol–water partition coefficient (Wildman–Crippen LogP) is 1.69. The standard InChI is InChI=1S/C14H18N2O5/c1-20-10-5-9(6-11(7-10)21-2)15-14(19)16-12(13(17)18)8-3-4-8/h5-8,12H,3-4H2,1-2H3,(H,17,18)(H2,15,16,19). The highest BCUT2D eigenvalue weighted by Crippen LogP contribution is 2.33. The Hall–Kier alpha value is -2.44. The van der Waals surface area contributed by atoms with E-state index in [1.165, 1.54) is 14.2 Å². The SMILES string of the molecule is COc1cc(NC(=O)NC(C(=O)O)C2CC2)cc(OC)c1. The van der Waals surface area contributed by atoms with E-state index >= 15 is 0 Å². The Balaban J connectivity index is 2.03. The van der Waals surface area contributed by atoms with Gasteiger partial charge in [0.15, 0.2) is 0 Å². The van der Waals surface area contributed by atoms with Gasteiger partial charge >= 0.3 is 12.0 Å². The summed E-state index contributed by atoms with van der Waals surface area (Å²) in [5.74, 6) is 0.0622. The van der Waals surface area contributed by atoms with Crippen LogP contribution in [0.3, 0.4) is 0 Å². The third-order valence-electron chi connectivity index (χ3n) is 3.26. The molecule has 0 aromatic heterocycles. The average molecular weight is 294 g/mol. The fourth-order valence-electron chi connectivity index (χ4n) is 2.00. The monoisotopic (exact) mass is 294 g/mol. The number of ether oxygens (including phenoxy) is 2. The number of carbonyl (C=O) groups is 2. The van der Waals surface area contributed by atoms with Gasteiger partial charge in [-0.05, 0) is 18.8 Å². The number of urea groups is 1. The zero-order valence-corrected chi connectivity index (χ0v) is 11.9. The number of benzene rings is 1. The van der Waals surface area contributed by atoms with Crippen molar-refractivity contribution in [2.75, 3.05) is 19.5 Å². The third kappa shape index (κ3) is 4.01. The van der Waals surface area contributed by atoms with Gasteiger partial charge in [-0.15, -0.1) is 0 Å². The molecule has 2 rings (SSSR count). The van der Waals surface area contributed by atoms with E-state index in [1.807, 2.05) is 0 Å². The van der Waals surface area contributed by atoms with Crippen molar-refractivity contribution in [3.8, 4) is 11.5 Å². The van der Waals surface area contributed by atoms with Crippen LogP contribution in [0.4, 0.5) is 10.5 Å². The first-order valence-electron chi connectivity index (χ1n) is 6.57. The quantitative estimate of drug-likeness (QED) is 0.742. The molecule has 1 aliphatic rings. The van der Waals surface area contributed by atoms with E-state index in [9.17, 15) is 9.59 Å². The molecule has 7 nitrogen and oxygen atoms in total. The van der Waals surface area contributed by atoms with Crippen LogP contribution in [-0.4, -0.2) is 37.4 Å². The molecule has 0 radical (unpaired) electrons. The van der Waals surface area contributed by atoms with E-state index in [0.29, 0.717) is 17.2 Å². The number of anilines is 1. The minimum absolute atomic E-state index is 0.0214. The highest BCUT2D eigenvalue weighted by atomic mass is 16.5. The van der Waals surface area contributed by atoms with Crippen LogP contribution in [0.1, 0.15) is 12.8 Å². The van der Waals surface area contributed by atoms with Crippen molar-refractivity contribution in [1.29, 1.82) is 0 Å². The second-order valence-corrected chi connectivity index (χ2v) is 4.85. The van der Waals surface area contributed by atoms with Gasteiger partial charge in [-0.1, -0.05) is 0 Å². The number of amides is 2. The molecule has 21 heavy (non-hydrogen) atoms. The Kier molecular flexibility index (Phi) is 4.52. The summed E-state index contributed by atoms with van der Waals surface area (Å²) in [6.07, 6.45) is 1.65. The zero-order chi connectivity index (χ0) is 15.4. The summed E-state index contributed by atoms with van der Waals surface area (Å²) in [4.78, 5) is 23.0. The van der Waals surface area contributed by atoms with Gasteiger partial charge in [0.25, 0.3) is 0 Å². The molecule has 0 heterocycles. The number of rotatable bonds is 6. The van der Waals surface area contributed by atoms with Crippen molar-refractivity contribution in [3.05, 3.63) is 18.2 Å². The number of carbonyl (C=O) groups excluding carboxylic acids is 1. The van der Waals surface area contributed by atoms with Crippen LogP contribution in [0.2, 0.25) is 0 Å². The maximum Gasteiger partial charge on any atom is 0.326 e. The molecular weight excluding hydrogens is 276 g/mol. The van der Waals surface area contributed by atoms with Crippen LogP contribution in [0.5, 0.6) is 11.5 Å². The molecule has 7 heteroatoms. The van der Waals surface area contributed by atoms with Crippen LogP contribution in [-0.2, 0) is 4.79 Å². The molecule has 1 fully saturated rings. The number of carboxylic acid groups (broad SMARTS) is 1. The third-order valence-corrected chi connectivity index (χ3v) is 3.26. The lowest BCUT2D eigenvalue weighted by Crippen LogP contribution is -2.44. The molecule has 3 N–H and O–H groups in total. The number of hydrogen-bond donors (Lipinski definition) is 3. The summed E-state index contributed by atoms with van der Waals surface area (Å²) in [7, 11) is 3.01. The van der Waals surface area contributed by atoms with Gasteiger partial charge in [-0.3, -0.25) is 0 Å². The first-order valence-corrected chi connectivity index (χ1v) is 6.57. The Morgan fingerprint density at radius 2 is 1.76 bits per heavy atom. The summed E-state index contributed by atoms with van der Waals surface area (Å²) in [5, 5.41) is 14.1. The largest absolute Gasteiger partial charge is 0.497 e. The number of aliphatic carboxylic acids is 1. The molecule has 0 aliphatic heterocycles. The Bertz CT molecular complexity index is 520. The zero-order valence-electron chi connectivity index (χ0n) is 11.9. The Morgan fingerprint density at radius 1 is 1.19 bits per heavy atom. The highest BCUT2D eigenvalue weighted by molar-refractivity contribution is 5.92. The van der Waals surface area contributed by atoms with Crippen molar-refractivity contribution in [1.82, 2.24) is 5.32 Å². The highest BCUT2D eigenvalue weighted by Gasteiger charge is 2.37. The van der Waals surface area contributed by atoms with Gasteiger partial charge in [0.05, 0.1) is 14.2 Å². The Labute approximate surface area is 122 Å². The van der Waals surface area contributed by atoms with Gasteiger partial charge in [0.2, 0.25) is 0 Å². The van der Waals surface area contributed by atoms with Crippen LogP contribution >= 0.6 is 0 Å². The maximum absolute atomic E-state index is 11.9. The molecule has 1 unspecified atom stereocenters. The maximum atomic E-state index is 11.9. The van der Waals surface area contributed by atoms with E-state index in [2.05, 4.69) is 10.6 Å². The predicted molar refractivity (Wildman–Crippen MR) is 75.8 cm³/mol. The first kappa shape index (κ1) is 15.0. The van der Waals surface area contributed by atoms with Gasteiger partial charge in [0, 0.05) is 23.9 Å². The summed E-state index contributed by atoms with van der Waals surface area (Å²) in [6.45, 7) is 0. The fourth-order valence-corrected chi connectivity index (χ4v) is 2.00. The van der Waals surface area contributed by atoms with Crippen LogP contribution in [0.25, 0.3) is 0 Å². The number of nitrogens with one attached hydrogen (secondary N) is 2. The van der Waals surface area contributed by atoms with E-state index in [0.717, 1.165) is 12.8 Å². The van der Waals surface area contributed by atoms with Gasteiger partial charge in [0.1, 0.15) is 17.5 Å². The lowest BCUT2D eigenvalue weighted by atomic mass is 10.2. The Morgan fingerprint density at radius 3 is 2.19 bits per heavy atom. The van der Waals surface area contributed by atoms with Crippen molar-refractivity contribution in [2.45, 2.75) is 18.9 Å². The second-order valence-electron chi connectivity index (χ2n) is 4.85. The average Bonchev–Trinajstić information content (AvgIpc) is 3.28. The van der Waals surface area contributed by atoms with Crippen LogP contribution in [0, 0.1) is 5.92 Å². The fraction of sp³-hybridized carbons (Fsp3) is 0.429. The van der Waals surface area contributed by atoms with Gasteiger partial charge in [-0.25, -0.2) is 9.59 Å². The van der Waals surface area contributed by atoms with E-state index in [-0.39, 0.29) is 5.92 Å². The van der Waals surface area contributed by atoms with E-state index in [1.54, 1.807) is 18.2 Å². The normalized spacial score (nSPS) is 15.0. The van der Waals surface area contributed by atoms with Crippen molar-refractivity contribution in [2.24, 2.45) is 5.92 Å². The number of methoxy groups -OCH3 is 2. The topological polar surface area (TPSA) is 96.9 Å². The molecule has 1 atom stereocenters. The number of carboxylic acids is 1. The molecule has 114 valence electrons. The summed E-state index contributed by atoms with van der Waals surface area (Å²) >= 11 is 0. The van der Waals surface area contributed by atoms with Gasteiger partial charge in [-0.2, -0.15) is 0 Å². The summed E-state index contributed by atoms with van der Waals surface area (Å²) < 4.78 is 10.2. The van der Waals surface area contributed by atoms with Crippen LogP contribution < -0.4 is 20.1 Å². The molecular formula is C14H18N2O5. The molecule has 1 aliphatic carbocycles. The van der Waals surface area contributed by atoms with E-state index in [4.69, 9.17) is 14.6 Å². The molecule has 1 saturated carbocycles. The molecule has 1 aromatic carbocycles. The van der Waals surface area contributed by atoms with Crippen molar-refractivity contribution < 1.29 is 24.2 Å². The smallest absolute Gasteiger partial charge is 0.326 e. The summed E-state index contributed by atoms with van der Waals surface area (Å²) in [6, 6.07) is 3.50. The second kappa shape index (κ2) is 6.34. The molecule has 0 spiro atoms. The van der Waals surface area contributed by atoms with Gasteiger partial charge < -0.3 is 25.2 Å². The molecule has 0 bridgehead atoms. The van der Waals surface area contributed by atoms with Crippen molar-refractivity contribution >= 4 is 17.7 Å². The number of hydrogen-bond acceptors (Lipinski definition) is 4. The van der Waals surface area contributed by atoms with E-state index < -0.39 is 18.0 Å². The summed E-state index contributed by atoms with van der Waals surface area (Å²) in [5.41, 5.74) is 0.462. The lowest BCUT2D eigenvalue weighted by molar-refractivity contribution is -0.139. The molecule has 2 amide bonds. The lowest BCUT2D eigenvalue weighted by Gasteiger charge is -2.15. The minimum Gasteiger partial charge on any atom is -0.497 e. The van der Waals surface area contributed by atoms with Crippen LogP contribution in [0.15, 0.2) is 18.2 Å². The first-order chi connectivity index (χ1) is 10.0. The minimum atomic E-state index is -1.02. The molecule has 1 aromatic rings. The van der Waals surface area contributed by atoms with Crippen molar-refractivity contribution in [3.63, 3.8) is 0 Å². The molecule has 0 saturated heterocycles.